The summed E-state index contributed by atoms with van der Waals surface area (Å²) in [5.74, 6) is 0. The second-order valence-corrected chi connectivity index (χ2v) is 5.57. The van der Waals surface area contributed by atoms with Gasteiger partial charge in [-0.15, -0.1) is 0 Å². The van der Waals surface area contributed by atoms with Gasteiger partial charge in [0.1, 0.15) is 0 Å². The molecule has 94 valence electrons. The number of aromatic nitrogens is 2. The van der Waals surface area contributed by atoms with E-state index in [9.17, 15) is 4.79 Å². The van der Waals surface area contributed by atoms with Gasteiger partial charge in [0, 0.05) is 8.96 Å². The van der Waals surface area contributed by atoms with Crippen LogP contribution in [0, 0.1) is 10.5 Å². The number of hydrogen-bond donors (Lipinski definition) is 0. The van der Waals surface area contributed by atoms with Gasteiger partial charge in [-0.2, -0.15) is 9.78 Å². The normalized spacial score (nSPS) is 10.8. The van der Waals surface area contributed by atoms with Crippen LogP contribution < -0.4 is 5.56 Å². The van der Waals surface area contributed by atoms with Crippen LogP contribution in [0.1, 0.15) is 5.69 Å². The van der Waals surface area contributed by atoms with E-state index in [1.807, 2.05) is 55.5 Å². The average Bonchev–Trinajstić information content (AvgIpc) is 2.44. The molecule has 0 saturated heterocycles. The van der Waals surface area contributed by atoms with Crippen molar-refractivity contribution >= 4 is 33.4 Å². The molecule has 0 N–H and O–H groups in total. The fraction of sp³-hybridized carbons (Fsp3) is 0.0667. The van der Waals surface area contributed by atoms with Gasteiger partial charge in [-0.05, 0) is 59.8 Å². The Labute approximate surface area is 124 Å². The molecule has 1 heterocycles. The van der Waals surface area contributed by atoms with Crippen molar-refractivity contribution < 1.29 is 0 Å². The maximum Gasteiger partial charge on any atom is 0.279 e. The summed E-state index contributed by atoms with van der Waals surface area (Å²) < 4.78 is 2.60. The molecule has 0 saturated carbocycles. The number of fused-ring (bicyclic) bond motifs is 1. The van der Waals surface area contributed by atoms with Crippen molar-refractivity contribution in [3.8, 4) is 5.69 Å². The van der Waals surface area contributed by atoms with Crippen molar-refractivity contribution in [2.24, 2.45) is 0 Å². The van der Waals surface area contributed by atoms with E-state index in [1.54, 1.807) is 0 Å². The van der Waals surface area contributed by atoms with Crippen LogP contribution >= 0.6 is 22.6 Å². The lowest BCUT2D eigenvalue weighted by atomic mass is 10.1. The summed E-state index contributed by atoms with van der Waals surface area (Å²) in [7, 11) is 0. The Balaban J connectivity index is 2.34. The molecule has 0 fully saturated rings. The summed E-state index contributed by atoms with van der Waals surface area (Å²) in [6.07, 6.45) is 0. The van der Waals surface area contributed by atoms with Crippen molar-refractivity contribution in [3.05, 3.63) is 68.1 Å². The molecular weight excluding hydrogens is 351 g/mol. The highest BCUT2D eigenvalue weighted by Gasteiger charge is 2.08. The van der Waals surface area contributed by atoms with Gasteiger partial charge in [-0.3, -0.25) is 4.79 Å². The number of aryl methyl sites for hydroxylation is 1. The van der Waals surface area contributed by atoms with E-state index in [0.717, 1.165) is 20.3 Å². The first-order chi connectivity index (χ1) is 9.16. The summed E-state index contributed by atoms with van der Waals surface area (Å²) in [6.45, 7) is 1.92. The number of rotatable bonds is 1. The molecule has 3 rings (SSSR count). The Morgan fingerprint density at radius 2 is 1.63 bits per heavy atom. The monoisotopic (exact) mass is 362 g/mol. The topological polar surface area (TPSA) is 34.9 Å². The molecule has 0 amide bonds. The van der Waals surface area contributed by atoms with E-state index in [2.05, 4.69) is 27.7 Å². The minimum Gasteiger partial charge on any atom is -0.267 e. The fourth-order valence-corrected chi connectivity index (χ4v) is 2.47. The highest BCUT2D eigenvalue weighted by Crippen LogP contribution is 2.14. The first-order valence-corrected chi connectivity index (χ1v) is 6.99. The zero-order valence-electron chi connectivity index (χ0n) is 10.3. The lowest BCUT2D eigenvalue weighted by Gasteiger charge is -2.08. The van der Waals surface area contributed by atoms with E-state index in [4.69, 9.17) is 0 Å². The standard InChI is InChI=1S/C15H11IN2O/c1-10-13-4-2-3-5-14(13)15(19)18(17-10)12-8-6-11(16)7-9-12/h2-9H,1H3. The first kappa shape index (κ1) is 12.3. The summed E-state index contributed by atoms with van der Waals surface area (Å²) in [5, 5.41) is 6.02. The minimum atomic E-state index is -0.0811. The Hall–Kier alpha value is -1.69. The van der Waals surface area contributed by atoms with Gasteiger partial charge in [0.05, 0.1) is 16.8 Å². The summed E-state index contributed by atoms with van der Waals surface area (Å²) in [5.41, 5.74) is 1.57. The van der Waals surface area contributed by atoms with Crippen LogP contribution in [0.2, 0.25) is 0 Å². The van der Waals surface area contributed by atoms with E-state index in [-0.39, 0.29) is 5.56 Å². The highest BCUT2D eigenvalue weighted by molar-refractivity contribution is 14.1. The highest BCUT2D eigenvalue weighted by atomic mass is 127. The van der Waals surface area contributed by atoms with Crippen LogP contribution in [-0.4, -0.2) is 9.78 Å². The zero-order chi connectivity index (χ0) is 13.4. The van der Waals surface area contributed by atoms with Crippen LogP contribution in [0.5, 0.6) is 0 Å². The molecule has 0 aliphatic carbocycles. The second-order valence-electron chi connectivity index (χ2n) is 4.32. The predicted molar refractivity (Wildman–Crippen MR) is 84.8 cm³/mol. The van der Waals surface area contributed by atoms with E-state index >= 15 is 0 Å². The van der Waals surface area contributed by atoms with Crippen LogP contribution in [0.25, 0.3) is 16.5 Å². The Kier molecular flexibility index (Phi) is 3.10. The van der Waals surface area contributed by atoms with Gasteiger partial charge >= 0.3 is 0 Å². The third kappa shape index (κ3) is 2.16. The molecule has 0 bridgehead atoms. The molecule has 19 heavy (non-hydrogen) atoms. The molecule has 4 heteroatoms. The Morgan fingerprint density at radius 3 is 2.32 bits per heavy atom. The third-order valence-corrected chi connectivity index (χ3v) is 3.78. The maximum absolute atomic E-state index is 12.5. The second kappa shape index (κ2) is 4.77. The molecule has 0 spiro atoms. The molecule has 0 atom stereocenters. The fourth-order valence-electron chi connectivity index (χ4n) is 2.11. The average molecular weight is 362 g/mol. The molecule has 0 unspecified atom stereocenters. The van der Waals surface area contributed by atoms with Crippen molar-refractivity contribution in [1.82, 2.24) is 9.78 Å². The van der Waals surface area contributed by atoms with Crippen molar-refractivity contribution in [2.75, 3.05) is 0 Å². The first-order valence-electron chi connectivity index (χ1n) is 5.91. The largest absolute Gasteiger partial charge is 0.279 e. The van der Waals surface area contributed by atoms with Crippen LogP contribution in [0.15, 0.2) is 53.3 Å². The Morgan fingerprint density at radius 1 is 1.00 bits per heavy atom. The lowest BCUT2D eigenvalue weighted by molar-refractivity contribution is 0.801. The van der Waals surface area contributed by atoms with Gasteiger partial charge < -0.3 is 0 Å². The summed E-state index contributed by atoms with van der Waals surface area (Å²) >= 11 is 2.24. The lowest BCUT2D eigenvalue weighted by Crippen LogP contribution is -2.22. The molecule has 0 aliphatic rings. The van der Waals surface area contributed by atoms with Crippen molar-refractivity contribution in [1.29, 1.82) is 0 Å². The molecule has 1 aromatic heterocycles. The van der Waals surface area contributed by atoms with Crippen molar-refractivity contribution in [3.63, 3.8) is 0 Å². The molecule has 3 nitrogen and oxygen atoms in total. The van der Waals surface area contributed by atoms with Crippen LogP contribution in [-0.2, 0) is 0 Å². The quantitative estimate of drug-likeness (QED) is 0.623. The van der Waals surface area contributed by atoms with E-state index in [0.29, 0.717) is 5.39 Å². The van der Waals surface area contributed by atoms with Gasteiger partial charge in [0.15, 0.2) is 0 Å². The molecule has 0 radical (unpaired) electrons. The zero-order valence-corrected chi connectivity index (χ0v) is 12.5. The number of nitrogens with zero attached hydrogens (tertiary/aromatic N) is 2. The minimum absolute atomic E-state index is 0.0811. The SMILES string of the molecule is Cc1nn(-c2ccc(I)cc2)c(=O)c2ccccc12. The number of hydrogen-bond acceptors (Lipinski definition) is 2. The molecule has 3 aromatic rings. The molecule has 2 aromatic carbocycles. The van der Waals surface area contributed by atoms with Gasteiger partial charge in [-0.1, -0.05) is 18.2 Å². The van der Waals surface area contributed by atoms with Crippen LogP contribution in [0.3, 0.4) is 0 Å². The summed E-state index contributed by atoms with van der Waals surface area (Å²) in [4.78, 5) is 12.5. The van der Waals surface area contributed by atoms with Crippen molar-refractivity contribution in [2.45, 2.75) is 6.92 Å². The van der Waals surface area contributed by atoms with E-state index < -0.39 is 0 Å². The third-order valence-electron chi connectivity index (χ3n) is 3.06. The van der Waals surface area contributed by atoms with Crippen LogP contribution in [0.4, 0.5) is 0 Å². The predicted octanol–water partition coefficient (Wildman–Crippen LogP) is 3.30. The van der Waals surface area contributed by atoms with Gasteiger partial charge in [-0.25, -0.2) is 0 Å². The van der Waals surface area contributed by atoms with Gasteiger partial charge in [0.2, 0.25) is 0 Å². The van der Waals surface area contributed by atoms with E-state index in [1.165, 1.54) is 4.68 Å². The molecular formula is C15H11IN2O. The number of halogens is 1. The van der Waals surface area contributed by atoms with Gasteiger partial charge in [0.25, 0.3) is 5.56 Å². The molecule has 0 aliphatic heterocycles. The number of benzene rings is 2. The summed E-state index contributed by atoms with van der Waals surface area (Å²) in [6, 6.07) is 15.3. The maximum atomic E-state index is 12.5. The smallest absolute Gasteiger partial charge is 0.267 e. The Bertz CT molecular complexity index is 806.